The summed E-state index contributed by atoms with van der Waals surface area (Å²) in [6.07, 6.45) is 6.93. The van der Waals surface area contributed by atoms with Gasteiger partial charge in [-0.05, 0) is 39.2 Å². The Hall–Kier alpha value is -2.57. The highest BCUT2D eigenvalue weighted by molar-refractivity contribution is 5.95. The minimum atomic E-state index is -0.0883. The molecule has 0 radical (unpaired) electrons. The molecular weight excluding hydrogens is 344 g/mol. The number of piperidine rings is 1. The van der Waals surface area contributed by atoms with Crippen LogP contribution >= 0.6 is 0 Å². The quantitative estimate of drug-likeness (QED) is 0.897. The van der Waals surface area contributed by atoms with Gasteiger partial charge in [0.25, 0.3) is 5.91 Å². The second-order valence-corrected chi connectivity index (χ2v) is 7.67. The fraction of sp³-hybridized carbons (Fsp3) is 0.550. The zero-order valence-electron chi connectivity index (χ0n) is 15.9. The molecule has 2 aromatic heterocycles. The van der Waals surface area contributed by atoms with Crippen molar-refractivity contribution in [1.29, 1.82) is 0 Å². The van der Waals surface area contributed by atoms with E-state index in [9.17, 15) is 9.59 Å². The van der Waals surface area contributed by atoms with E-state index in [1.54, 1.807) is 13.0 Å². The first-order valence-electron chi connectivity index (χ1n) is 9.67. The number of carbonyl (C=O) groups is 2. The molecule has 1 unspecified atom stereocenters. The Kier molecular flexibility index (Phi) is 4.76. The van der Waals surface area contributed by atoms with Crippen LogP contribution in [0.2, 0.25) is 0 Å². The van der Waals surface area contributed by atoms with E-state index in [1.807, 2.05) is 24.3 Å². The summed E-state index contributed by atoms with van der Waals surface area (Å²) in [5.74, 6) is 1.60. The molecule has 0 aromatic carbocycles. The van der Waals surface area contributed by atoms with Crippen molar-refractivity contribution in [2.45, 2.75) is 52.1 Å². The molecule has 2 aliphatic rings. The third-order valence-electron chi connectivity index (χ3n) is 5.75. The smallest absolute Gasteiger partial charge is 0.255 e. The van der Waals surface area contributed by atoms with E-state index < -0.39 is 0 Å². The summed E-state index contributed by atoms with van der Waals surface area (Å²) in [5.41, 5.74) is 1.75. The summed E-state index contributed by atoms with van der Waals surface area (Å²) < 4.78 is 7.57. The number of nitrogens with one attached hydrogen (secondary N) is 1. The van der Waals surface area contributed by atoms with Crippen LogP contribution in [0.15, 0.2) is 23.0 Å². The first-order valence-corrected chi connectivity index (χ1v) is 9.67. The van der Waals surface area contributed by atoms with Crippen molar-refractivity contribution in [3.8, 4) is 0 Å². The molecule has 4 rings (SSSR count). The summed E-state index contributed by atoms with van der Waals surface area (Å²) >= 11 is 0. The molecular formula is C20H26N4O3. The van der Waals surface area contributed by atoms with Crippen LogP contribution in [0.5, 0.6) is 0 Å². The number of likely N-dealkylation sites (tertiary alicyclic amines) is 1. The van der Waals surface area contributed by atoms with Gasteiger partial charge in [-0.25, -0.2) is 4.98 Å². The fourth-order valence-corrected chi connectivity index (χ4v) is 4.20. The summed E-state index contributed by atoms with van der Waals surface area (Å²) in [5, 5.41) is 3.09. The van der Waals surface area contributed by atoms with Gasteiger partial charge in [-0.2, -0.15) is 0 Å². The molecule has 2 aliphatic heterocycles. The first kappa shape index (κ1) is 17.8. The number of rotatable bonds is 3. The van der Waals surface area contributed by atoms with Crippen molar-refractivity contribution in [3.63, 3.8) is 0 Å². The van der Waals surface area contributed by atoms with Gasteiger partial charge in [0.1, 0.15) is 11.5 Å². The number of hydrogen-bond acceptors (Lipinski definition) is 4. The molecule has 144 valence electrons. The Balaban J connectivity index is 1.29. The zero-order valence-corrected chi connectivity index (χ0v) is 15.9. The molecule has 0 aliphatic carbocycles. The van der Waals surface area contributed by atoms with Crippen LogP contribution in [0.25, 0.3) is 0 Å². The van der Waals surface area contributed by atoms with E-state index in [4.69, 9.17) is 4.42 Å². The maximum absolute atomic E-state index is 12.9. The highest BCUT2D eigenvalue weighted by atomic mass is 16.3. The molecule has 7 heteroatoms. The lowest BCUT2D eigenvalue weighted by atomic mass is 9.93. The Morgan fingerprint density at radius 1 is 1.19 bits per heavy atom. The van der Waals surface area contributed by atoms with Gasteiger partial charge < -0.3 is 19.2 Å². The molecule has 2 aromatic rings. The summed E-state index contributed by atoms with van der Waals surface area (Å²) in [4.78, 5) is 31.5. The number of nitrogens with zero attached hydrogens (tertiary/aromatic N) is 3. The predicted octanol–water partition coefficient (Wildman–Crippen LogP) is 2.08. The molecule has 7 nitrogen and oxygen atoms in total. The Morgan fingerprint density at radius 2 is 1.96 bits per heavy atom. The average molecular weight is 370 g/mol. The maximum atomic E-state index is 12.9. The number of carbonyl (C=O) groups excluding carboxylic acids is 2. The second-order valence-electron chi connectivity index (χ2n) is 7.67. The number of hydrogen-bond donors (Lipinski definition) is 1. The van der Waals surface area contributed by atoms with E-state index >= 15 is 0 Å². The Morgan fingerprint density at radius 3 is 2.67 bits per heavy atom. The molecule has 1 atom stereocenters. The second kappa shape index (κ2) is 7.21. The molecule has 4 heterocycles. The highest BCUT2D eigenvalue weighted by Crippen LogP contribution is 2.24. The number of aromatic nitrogens is 2. The topological polar surface area (TPSA) is 80.4 Å². The van der Waals surface area contributed by atoms with Crippen LogP contribution in [-0.4, -0.2) is 45.4 Å². The van der Waals surface area contributed by atoms with E-state index in [1.165, 1.54) is 0 Å². The minimum absolute atomic E-state index is 0.0527. The first-order chi connectivity index (χ1) is 13.0. The molecule has 0 saturated carbocycles. The van der Waals surface area contributed by atoms with Gasteiger partial charge in [0.05, 0.1) is 11.9 Å². The molecule has 1 fully saturated rings. The van der Waals surface area contributed by atoms with Crippen molar-refractivity contribution >= 4 is 11.8 Å². The lowest BCUT2D eigenvalue weighted by Crippen LogP contribution is -2.48. The van der Waals surface area contributed by atoms with Crippen LogP contribution in [0.4, 0.5) is 0 Å². The van der Waals surface area contributed by atoms with E-state index in [0.717, 1.165) is 43.7 Å². The fourth-order valence-electron chi connectivity index (χ4n) is 4.20. The van der Waals surface area contributed by atoms with Crippen molar-refractivity contribution in [3.05, 3.63) is 41.4 Å². The molecule has 1 saturated heterocycles. The van der Waals surface area contributed by atoms with Gasteiger partial charge in [-0.3, -0.25) is 9.59 Å². The summed E-state index contributed by atoms with van der Waals surface area (Å²) in [7, 11) is 0. The van der Waals surface area contributed by atoms with Crippen LogP contribution < -0.4 is 5.32 Å². The summed E-state index contributed by atoms with van der Waals surface area (Å²) in [6.45, 7) is 5.90. The number of imidazole rings is 1. The summed E-state index contributed by atoms with van der Waals surface area (Å²) in [6, 6.07) is 1.88. The van der Waals surface area contributed by atoms with Gasteiger partial charge in [-0.1, -0.05) is 0 Å². The van der Waals surface area contributed by atoms with Gasteiger partial charge in [0.15, 0.2) is 0 Å². The molecule has 27 heavy (non-hydrogen) atoms. The highest BCUT2D eigenvalue weighted by Gasteiger charge is 2.31. The van der Waals surface area contributed by atoms with Gasteiger partial charge >= 0.3 is 0 Å². The number of fused-ring (bicyclic) bond motifs is 1. The van der Waals surface area contributed by atoms with Crippen molar-refractivity contribution in [1.82, 2.24) is 19.8 Å². The number of furan rings is 1. The Labute approximate surface area is 158 Å². The Bertz CT molecular complexity index is 845. The monoisotopic (exact) mass is 370 g/mol. The molecule has 2 amide bonds. The van der Waals surface area contributed by atoms with Crippen molar-refractivity contribution in [2.75, 3.05) is 13.1 Å². The van der Waals surface area contributed by atoms with Gasteiger partial charge in [-0.15, -0.1) is 0 Å². The average Bonchev–Trinajstić information content (AvgIpc) is 3.26. The third kappa shape index (κ3) is 3.63. The standard InChI is InChI=1S/C20H26N4O3/c1-13-9-18(14(2)27-13)19(25)22-16-4-7-23(8-5-16)20(26)15-3-6-24-12-21-11-17(24)10-15/h9,11-12,15-16H,3-8,10H2,1-2H3,(H,22,25). The zero-order chi connectivity index (χ0) is 19.0. The van der Waals surface area contributed by atoms with Gasteiger partial charge in [0, 0.05) is 49.9 Å². The molecule has 1 N–H and O–H groups in total. The minimum Gasteiger partial charge on any atom is -0.466 e. The molecule has 0 bridgehead atoms. The van der Waals surface area contributed by atoms with Crippen molar-refractivity contribution in [2.24, 2.45) is 5.92 Å². The largest absolute Gasteiger partial charge is 0.466 e. The van der Waals surface area contributed by atoms with Gasteiger partial charge in [0.2, 0.25) is 5.91 Å². The van der Waals surface area contributed by atoms with Crippen LogP contribution in [0, 0.1) is 19.8 Å². The third-order valence-corrected chi connectivity index (χ3v) is 5.75. The maximum Gasteiger partial charge on any atom is 0.255 e. The number of amides is 2. The van der Waals surface area contributed by atoms with Crippen LogP contribution in [0.1, 0.15) is 46.8 Å². The number of aryl methyl sites for hydroxylation is 3. The van der Waals surface area contributed by atoms with E-state index in [2.05, 4.69) is 14.9 Å². The normalized spacial score (nSPS) is 20.4. The predicted molar refractivity (Wildman–Crippen MR) is 99.3 cm³/mol. The SMILES string of the molecule is Cc1cc(C(=O)NC2CCN(C(=O)C3CCn4cncc4C3)CC2)c(C)o1. The van der Waals surface area contributed by atoms with Crippen molar-refractivity contribution < 1.29 is 14.0 Å². The van der Waals surface area contributed by atoms with Crippen LogP contribution in [-0.2, 0) is 17.8 Å². The van der Waals surface area contributed by atoms with E-state index in [0.29, 0.717) is 24.4 Å². The lowest BCUT2D eigenvalue weighted by molar-refractivity contribution is -0.137. The van der Waals surface area contributed by atoms with E-state index in [-0.39, 0.29) is 23.8 Å². The van der Waals surface area contributed by atoms with Crippen LogP contribution in [0.3, 0.4) is 0 Å². The lowest BCUT2D eigenvalue weighted by Gasteiger charge is -2.35. The molecule has 0 spiro atoms.